The summed E-state index contributed by atoms with van der Waals surface area (Å²) in [7, 11) is 2.09. The number of ether oxygens (including phenoxy) is 1. The van der Waals surface area contributed by atoms with E-state index in [1.165, 1.54) is 25.7 Å². The number of nitrogens with one attached hydrogen (secondary N) is 1. The van der Waals surface area contributed by atoms with Crippen LogP contribution in [-0.2, 0) is 9.53 Å². The number of halogens is 1. The Morgan fingerprint density at radius 1 is 1.26 bits per heavy atom. The molecule has 1 atom stereocenters. The standard InChI is InChI=1S/C20H38N4O2.HI/c1-4-21-20(23(3)14-9-18-10-15-26-16-11-18)22-12-8-19(25)24-13-6-5-7-17(24)2;/h17-18H,4-16H2,1-3H3,(H,21,22);1H. The normalized spacial score (nSPS) is 21.5. The Morgan fingerprint density at radius 3 is 2.67 bits per heavy atom. The largest absolute Gasteiger partial charge is 0.381 e. The molecule has 0 saturated carbocycles. The first-order valence-corrected chi connectivity index (χ1v) is 10.5. The molecule has 2 aliphatic heterocycles. The molecule has 2 aliphatic rings. The monoisotopic (exact) mass is 494 g/mol. The molecular formula is C20H39IN4O2. The van der Waals surface area contributed by atoms with E-state index in [0.717, 1.165) is 57.6 Å². The van der Waals surface area contributed by atoms with Crippen LogP contribution in [0.3, 0.4) is 0 Å². The number of aliphatic imine (C=N–C) groups is 1. The number of likely N-dealkylation sites (tertiary alicyclic amines) is 1. The fraction of sp³-hybridized carbons (Fsp3) is 0.900. The minimum Gasteiger partial charge on any atom is -0.381 e. The summed E-state index contributed by atoms with van der Waals surface area (Å²) in [5, 5.41) is 3.36. The van der Waals surface area contributed by atoms with Gasteiger partial charge in [-0.2, -0.15) is 0 Å². The van der Waals surface area contributed by atoms with Crippen molar-refractivity contribution in [1.29, 1.82) is 0 Å². The summed E-state index contributed by atoms with van der Waals surface area (Å²) in [6.07, 6.45) is 7.53. The maximum atomic E-state index is 12.5. The molecule has 0 spiro atoms. The summed E-state index contributed by atoms with van der Waals surface area (Å²) in [4.78, 5) is 21.4. The molecule has 1 unspecified atom stereocenters. The zero-order valence-electron chi connectivity index (χ0n) is 17.4. The van der Waals surface area contributed by atoms with E-state index in [1.54, 1.807) is 0 Å². The van der Waals surface area contributed by atoms with E-state index in [4.69, 9.17) is 9.73 Å². The van der Waals surface area contributed by atoms with Gasteiger partial charge in [0, 0.05) is 52.4 Å². The van der Waals surface area contributed by atoms with Crippen molar-refractivity contribution in [3.63, 3.8) is 0 Å². The summed E-state index contributed by atoms with van der Waals surface area (Å²) in [5.74, 6) is 1.93. The molecule has 0 aromatic heterocycles. The van der Waals surface area contributed by atoms with Crippen LogP contribution in [0.2, 0.25) is 0 Å². The Hall–Kier alpha value is -0.570. The molecule has 1 N–H and O–H groups in total. The van der Waals surface area contributed by atoms with Crippen molar-refractivity contribution < 1.29 is 9.53 Å². The number of piperidine rings is 1. The average Bonchev–Trinajstić information content (AvgIpc) is 2.66. The van der Waals surface area contributed by atoms with Crippen LogP contribution in [0.25, 0.3) is 0 Å². The SMILES string of the molecule is CCNC(=NCCC(=O)N1CCCCC1C)N(C)CCC1CCOCC1.I. The smallest absolute Gasteiger partial charge is 0.224 e. The van der Waals surface area contributed by atoms with Gasteiger partial charge in [0.1, 0.15) is 0 Å². The second-order valence-electron chi connectivity index (χ2n) is 7.68. The van der Waals surface area contributed by atoms with Crippen molar-refractivity contribution in [2.75, 3.05) is 46.4 Å². The predicted octanol–water partition coefficient (Wildman–Crippen LogP) is 3.11. The van der Waals surface area contributed by atoms with Gasteiger partial charge in [0.15, 0.2) is 5.96 Å². The lowest BCUT2D eigenvalue weighted by Gasteiger charge is -2.33. The highest BCUT2D eigenvalue weighted by atomic mass is 127. The minimum absolute atomic E-state index is 0. The summed E-state index contributed by atoms with van der Waals surface area (Å²) in [5.41, 5.74) is 0. The number of hydrogen-bond donors (Lipinski definition) is 1. The van der Waals surface area contributed by atoms with Gasteiger partial charge in [-0.05, 0) is 58.3 Å². The highest BCUT2D eigenvalue weighted by molar-refractivity contribution is 14.0. The van der Waals surface area contributed by atoms with Gasteiger partial charge in [-0.1, -0.05) is 0 Å². The Labute approximate surface area is 182 Å². The third-order valence-electron chi connectivity index (χ3n) is 5.62. The van der Waals surface area contributed by atoms with Crippen LogP contribution in [0.15, 0.2) is 4.99 Å². The lowest BCUT2D eigenvalue weighted by atomic mass is 9.96. The van der Waals surface area contributed by atoms with Gasteiger partial charge in [-0.3, -0.25) is 9.79 Å². The third-order valence-corrected chi connectivity index (χ3v) is 5.62. The van der Waals surface area contributed by atoms with Crippen molar-refractivity contribution in [3.8, 4) is 0 Å². The van der Waals surface area contributed by atoms with E-state index >= 15 is 0 Å². The zero-order chi connectivity index (χ0) is 18.8. The Kier molecular flexibility index (Phi) is 12.3. The van der Waals surface area contributed by atoms with E-state index in [9.17, 15) is 4.79 Å². The lowest BCUT2D eigenvalue weighted by Crippen LogP contribution is -2.42. The predicted molar refractivity (Wildman–Crippen MR) is 122 cm³/mol. The molecule has 2 saturated heterocycles. The number of guanidine groups is 1. The fourth-order valence-corrected chi connectivity index (χ4v) is 3.86. The first kappa shape index (κ1) is 24.5. The summed E-state index contributed by atoms with van der Waals surface area (Å²) in [6, 6.07) is 0.385. The van der Waals surface area contributed by atoms with Gasteiger partial charge in [0.2, 0.25) is 5.91 Å². The fourth-order valence-electron chi connectivity index (χ4n) is 3.86. The number of amides is 1. The third kappa shape index (κ3) is 8.54. The molecule has 0 bridgehead atoms. The molecule has 6 nitrogen and oxygen atoms in total. The van der Waals surface area contributed by atoms with Crippen molar-refractivity contribution in [2.45, 2.75) is 64.8 Å². The van der Waals surface area contributed by atoms with Crippen molar-refractivity contribution in [3.05, 3.63) is 0 Å². The number of rotatable bonds is 7. The molecule has 0 aliphatic carbocycles. The quantitative estimate of drug-likeness (QED) is 0.336. The van der Waals surface area contributed by atoms with E-state index in [0.29, 0.717) is 19.0 Å². The van der Waals surface area contributed by atoms with Gasteiger partial charge in [-0.25, -0.2) is 0 Å². The van der Waals surface area contributed by atoms with E-state index in [-0.39, 0.29) is 29.9 Å². The number of hydrogen-bond acceptors (Lipinski definition) is 3. The van der Waals surface area contributed by atoms with Gasteiger partial charge in [0.05, 0.1) is 6.54 Å². The van der Waals surface area contributed by atoms with Crippen molar-refractivity contribution in [2.24, 2.45) is 10.9 Å². The Morgan fingerprint density at radius 2 is 2.00 bits per heavy atom. The number of carbonyl (C=O) groups excluding carboxylic acids is 1. The van der Waals surface area contributed by atoms with Crippen molar-refractivity contribution >= 4 is 35.8 Å². The molecule has 1 amide bonds. The van der Waals surface area contributed by atoms with E-state index < -0.39 is 0 Å². The number of carbonyl (C=O) groups is 1. The average molecular weight is 494 g/mol. The first-order chi connectivity index (χ1) is 12.6. The van der Waals surface area contributed by atoms with Gasteiger partial charge in [-0.15, -0.1) is 24.0 Å². The highest BCUT2D eigenvalue weighted by Gasteiger charge is 2.22. The zero-order valence-corrected chi connectivity index (χ0v) is 19.7. The molecule has 2 rings (SSSR count). The molecule has 0 radical (unpaired) electrons. The molecule has 0 aromatic rings. The topological polar surface area (TPSA) is 57.2 Å². The molecular weight excluding hydrogens is 455 g/mol. The van der Waals surface area contributed by atoms with E-state index in [2.05, 4.69) is 31.1 Å². The maximum Gasteiger partial charge on any atom is 0.224 e. The van der Waals surface area contributed by atoms with E-state index in [1.807, 2.05) is 4.90 Å². The van der Waals surface area contributed by atoms with Crippen LogP contribution in [0.4, 0.5) is 0 Å². The van der Waals surface area contributed by atoms with Crippen LogP contribution in [0.1, 0.15) is 58.8 Å². The van der Waals surface area contributed by atoms with Gasteiger partial charge < -0.3 is 19.9 Å². The molecule has 27 heavy (non-hydrogen) atoms. The molecule has 158 valence electrons. The molecule has 2 heterocycles. The Bertz CT molecular complexity index is 455. The van der Waals surface area contributed by atoms with Crippen LogP contribution < -0.4 is 5.32 Å². The Balaban J connectivity index is 0.00000364. The van der Waals surface area contributed by atoms with Gasteiger partial charge in [0.25, 0.3) is 0 Å². The van der Waals surface area contributed by atoms with Crippen LogP contribution in [0.5, 0.6) is 0 Å². The minimum atomic E-state index is 0. The summed E-state index contributed by atoms with van der Waals surface area (Å²) in [6.45, 7) is 9.36. The second-order valence-corrected chi connectivity index (χ2v) is 7.68. The van der Waals surface area contributed by atoms with Crippen molar-refractivity contribution in [1.82, 2.24) is 15.1 Å². The van der Waals surface area contributed by atoms with Crippen LogP contribution in [0, 0.1) is 5.92 Å². The highest BCUT2D eigenvalue weighted by Crippen LogP contribution is 2.19. The molecule has 0 aromatic carbocycles. The van der Waals surface area contributed by atoms with Gasteiger partial charge >= 0.3 is 0 Å². The van der Waals surface area contributed by atoms with Crippen LogP contribution >= 0.6 is 24.0 Å². The molecule has 7 heteroatoms. The first-order valence-electron chi connectivity index (χ1n) is 10.5. The summed E-state index contributed by atoms with van der Waals surface area (Å²) < 4.78 is 5.44. The summed E-state index contributed by atoms with van der Waals surface area (Å²) >= 11 is 0. The maximum absolute atomic E-state index is 12.5. The van der Waals surface area contributed by atoms with Crippen LogP contribution in [-0.4, -0.2) is 74.1 Å². The molecule has 2 fully saturated rings. The number of nitrogens with zero attached hydrogens (tertiary/aromatic N) is 3. The second kappa shape index (κ2) is 13.6. The lowest BCUT2D eigenvalue weighted by molar-refractivity contribution is -0.134.